The molecule has 1 aliphatic carbocycles. The number of carbonyl (C=O) groups excluding carboxylic acids is 2. The Bertz CT molecular complexity index is 1200. The molecule has 1 aliphatic rings. The van der Waals surface area contributed by atoms with Crippen LogP contribution >= 0.6 is 39.3 Å². The smallest absolute Gasteiger partial charge is 0.243 e. The fraction of sp³-hybridized carbons (Fsp3) is 0.375. The predicted molar refractivity (Wildman–Crippen MR) is 165 cm³/mol. The first-order chi connectivity index (χ1) is 19.0. The highest BCUT2D eigenvalue weighted by Crippen LogP contribution is 2.24. The number of rotatable bonds is 12. The molecule has 206 valence electrons. The third-order valence-electron chi connectivity index (χ3n) is 7.08. The van der Waals surface area contributed by atoms with Gasteiger partial charge in [0.2, 0.25) is 11.8 Å². The van der Waals surface area contributed by atoms with E-state index in [4.69, 9.17) is 11.6 Å². The van der Waals surface area contributed by atoms with Crippen molar-refractivity contribution >= 4 is 51.1 Å². The van der Waals surface area contributed by atoms with E-state index in [-0.39, 0.29) is 17.9 Å². The van der Waals surface area contributed by atoms with Crippen LogP contribution in [0.3, 0.4) is 0 Å². The van der Waals surface area contributed by atoms with E-state index in [9.17, 15) is 9.59 Å². The maximum atomic E-state index is 13.8. The normalized spacial score (nSPS) is 14.5. The van der Waals surface area contributed by atoms with Crippen molar-refractivity contribution in [1.82, 2.24) is 10.2 Å². The lowest BCUT2D eigenvalue weighted by molar-refractivity contribution is -0.141. The SMILES string of the molecule is O=C(NC1CCCCC1)[C@@H](Cc1ccccc1)N(Cc1cccc(Br)c1)C(=O)CCCSc1ccc(Cl)cc1. The molecule has 2 amide bonds. The Balaban J connectivity index is 1.51. The second-order valence-electron chi connectivity index (χ2n) is 10.1. The fourth-order valence-corrected chi connectivity index (χ4v) is 6.44. The number of nitrogens with one attached hydrogen (secondary N) is 1. The van der Waals surface area contributed by atoms with E-state index in [1.807, 2.05) is 78.9 Å². The molecule has 0 radical (unpaired) electrons. The van der Waals surface area contributed by atoms with Crippen LogP contribution in [-0.4, -0.2) is 34.6 Å². The number of hydrogen-bond acceptors (Lipinski definition) is 3. The van der Waals surface area contributed by atoms with E-state index in [1.165, 1.54) is 6.42 Å². The highest BCUT2D eigenvalue weighted by Gasteiger charge is 2.31. The second-order valence-corrected chi connectivity index (χ2v) is 12.6. The van der Waals surface area contributed by atoms with Gasteiger partial charge in [-0.1, -0.05) is 89.3 Å². The maximum Gasteiger partial charge on any atom is 0.243 e. The van der Waals surface area contributed by atoms with Gasteiger partial charge in [0.25, 0.3) is 0 Å². The summed E-state index contributed by atoms with van der Waals surface area (Å²) in [5.74, 6) is 0.770. The Morgan fingerprint density at radius 2 is 1.67 bits per heavy atom. The molecule has 0 saturated heterocycles. The molecule has 1 saturated carbocycles. The average Bonchev–Trinajstić information content (AvgIpc) is 2.95. The maximum absolute atomic E-state index is 13.8. The van der Waals surface area contributed by atoms with Gasteiger partial charge in [0.1, 0.15) is 6.04 Å². The molecule has 0 aliphatic heterocycles. The third-order valence-corrected chi connectivity index (χ3v) is 8.93. The molecule has 1 fully saturated rings. The number of hydrogen-bond donors (Lipinski definition) is 1. The van der Waals surface area contributed by atoms with Gasteiger partial charge in [-0.25, -0.2) is 0 Å². The van der Waals surface area contributed by atoms with Crippen molar-refractivity contribution in [2.45, 2.75) is 74.9 Å². The van der Waals surface area contributed by atoms with E-state index in [0.717, 1.165) is 58.4 Å². The van der Waals surface area contributed by atoms with Crippen LogP contribution in [0.5, 0.6) is 0 Å². The molecule has 3 aromatic carbocycles. The number of thioether (sulfide) groups is 1. The Hall–Kier alpha value is -2.28. The van der Waals surface area contributed by atoms with E-state index in [2.05, 4.69) is 21.2 Å². The average molecular weight is 628 g/mol. The van der Waals surface area contributed by atoms with E-state index < -0.39 is 6.04 Å². The highest BCUT2D eigenvalue weighted by molar-refractivity contribution is 9.10. The predicted octanol–water partition coefficient (Wildman–Crippen LogP) is 8.06. The van der Waals surface area contributed by atoms with Crippen LogP contribution in [0.2, 0.25) is 5.02 Å². The van der Waals surface area contributed by atoms with Crippen LogP contribution < -0.4 is 5.32 Å². The van der Waals surface area contributed by atoms with Crippen molar-refractivity contribution in [3.63, 3.8) is 0 Å². The van der Waals surface area contributed by atoms with Crippen molar-refractivity contribution in [2.75, 3.05) is 5.75 Å². The molecule has 3 aromatic rings. The molecule has 1 atom stereocenters. The number of amides is 2. The Kier molecular flexibility index (Phi) is 11.8. The number of nitrogens with zero attached hydrogens (tertiary/aromatic N) is 1. The van der Waals surface area contributed by atoms with Gasteiger partial charge in [-0.3, -0.25) is 9.59 Å². The van der Waals surface area contributed by atoms with Crippen molar-refractivity contribution in [3.05, 3.63) is 99.5 Å². The summed E-state index contributed by atoms with van der Waals surface area (Å²) in [6.07, 6.45) is 7.11. The monoisotopic (exact) mass is 626 g/mol. The van der Waals surface area contributed by atoms with E-state index in [0.29, 0.717) is 24.4 Å². The van der Waals surface area contributed by atoms with E-state index >= 15 is 0 Å². The number of halogens is 2. The van der Waals surface area contributed by atoms with Gasteiger partial charge in [-0.2, -0.15) is 0 Å². The molecular weight excluding hydrogens is 592 g/mol. The molecule has 0 bridgehead atoms. The zero-order valence-corrected chi connectivity index (χ0v) is 25.3. The zero-order chi connectivity index (χ0) is 27.5. The summed E-state index contributed by atoms with van der Waals surface area (Å²) < 4.78 is 0.957. The molecule has 4 rings (SSSR count). The molecule has 0 aromatic heterocycles. The lowest BCUT2D eigenvalue weighted by Crippen LogP contribution is -2.52. The van der Waals surface area contributed by atoms with Crippen molar-refractivity contribution in [3.8, 4) is 0 Å². The van der Waals surface area contributed by atoms with Gasteiger partial charge >= 0.3 is 0 Å². The first-order valence-corrected chi connectivity index (χ1v) is 15.9. The van der Waals surface area contributed by atoms with Gasteiger partial charge < -0.3 is 10.2 Å². The second kappa shape index (κ2) is 15.5. The number of carbonyl (C=O) groups is 2. The van der Waals surface area contributed by atoms with Crippen LogP contribution in [0.25, 0.3) is 0 Å². The van der Waals surface area contributed by atoms with Crippen molar-refractivity contribution < 1.29 is 9.59 Å². The van der Waals surface area contributed by atoms with Crippen molar-refractivity contribution in [1.29, 1.82) is 0 Å². The van der Waals surface area contributed by atoms with Crippen LogP contribution in [0, 0.1) is 0 Å². The van der Waals surface area contributed by atoms with Crippen LogP contribution in [-0.2, 0) is 22.6 Å². The standard InChI is InChI=1S/C32H36BrClN2O2S/c33-26-12-7-11-25(21-26)23-36(31(37)15-8-20-39-29-18-16-27(34)17-19-29)30(22-24-9-3-1-4-10-24)32(38)35-28-13-5-2-6-14-28/h1,3-4,7,9-12,16-19,21,28,30H,2,5-6,8,13-15,20,22-23H2,(H,35,38)/t30-/m1/s1. The fourth-order valence-electron chi connectivity index (χ4n) is 5.02. The summed E-state index contributed by atoms with van der Waals surface area (Å²) in [5.41, 5.74) is 2.04. The molecule has 0 heterocycles. The molecular formula is C32H36BrClN2O2S. The summed E-state index contributed by atoms with van der Waals surface area (Å²) in [6, 6.07) is 25.4. The Morgan fingerprint density at radius 1 is 0.949 bits per heavy atom. The first kappa shape index (κ1) is 29.7. The summed E-state index contributed by atoms with van der Waals surface area (Å²) in [4.78, 5) is 30.6. The lowest BCUT2D eigenvalue weighted by atomic mass is 9.94. The van der Waals surface area contributed by atoms with Crippen molar-refractivity contribution in [2.24, 2.45) is 0 Å². The molecule has 1 N–H and O–H groups in total. The summed E-state index contributed by atoms with van der Waals surface area (Å²) in [5, 5.41) is 4.02. The highest BCUT2D eigenvalue weighted by atomic mass is 79.9. The van der Waals surface area contributed by atoms with Gasteiger partial charge in [0.15, 0.2) is 0 Å². The molecule has 0 spiro atoms. The first-order valence-electron chi connectivity index (χ1n) is 13.7. The van der Waals surface area contributed by atoms with Gasteiger partial charge in [0.05, 0.1) is 0 Å². The molecule has 4 nitrogen and oxygen atoms in total. The summed E-state index contributed by atoms with van der Waals surface area (Å²) in [6.45, 7) is 0.387. The van der Waals surface area contributed by atoms with Gasteiger partial charge in [-0.05, 0) is 72.5 Å². The summed E-state index contributed by atoms with van der Waals surface area (Å²) >= 11 is 11.3. The minimum absolute atomic E-state index is 0.00593. The van der Waals surface area contributed by atoms with Crippen LogP contribution in [0.15, 0.2) is 88.2 Å². The largest absolute Gasteiger partial charge is 0.352 e. The lowest BCUT2D eigenvalue weighted by Gasteiger charge is -2.33. The van der Waals surface area contributed by atoms with Gasteiger partial charge in [-0.15, -0.1) is 11.8 Å². The summed E-state index contributed by atoms with van der Waals surface area (Å²) in [7, 11) is 0. The molecule has 39 heavy (non-hydrogen) atoms. The van der Waals surface area contributed by atoms with Crippen LogP contribution in [0.1, 0.15) is 56.1 Å². The minimum atomic E-state index is -0.579. The van der Waals surface area contributed by atoms with Gasteiger partial charge in [0, 0.05) is 39.8 Å². The number of benzene rings is 3. The molecule has 0 unspecified atom stereocenters. The Morgan fingerprint density at radius 3 is 2.38 bits per heavy atom. The quantitative estimate of drug-likeness (QED) is 0.163. The minimum Gasteiger partial charge on any atom is -0.352 e. The Labute approximate surface area is 250 Å². The topological polar surface area (TPSA) is 49.4 Å². The van der Waals surface area contributed by atoms with E-state index in [1.54, 1.807) is 16.7 Å². The zero-order valence-electron chi connectivity index (χ0n) is 22.2. The third kappa shape index (κ3) is 9.70. The van der Waals surface area contributed by atoms with Crippen LogP contribution in [0.4, 0.5) is 0 Å². The molecule has 7 heteroatoms.